The molecule has 0 spiro atoms. The molecule has 18 heteroatoms. The van der Waals surface area contributed by atoms with Gasteiger partial charge in [0.25, 0.3) is 20.2 Å². The smallest absolute Gasteiger partial charge is 0.282 e. The molecule has 0 aliphatic heterocycles. The topological polar surface area (TPSA) is 190 Å². The highest BCUT2D eigenvalue weighted by molar-refractivity contribution is 7.86. The maximum atomic E-state index is 11.6. The fourth-order valence-corrected chi connectivity index (χ4v) is 8.05. The Hall–Kier alpha value is -4.20. The Bertz CT molecular complexity index is 2340. The van der Waals surface area contributed by atoms with Crippen LogP contribution in [0, 0.1) is 5.92 Å². The first-order valence-corrected chi connectivity index (χ1v) is 21.0. The van der Waals surface area contributed by atoms with Gasteiger partial charge in [-0.3, -0.25) is 13.7 Å². The van der Waals surface area contributed by atoms with Crippen molar-refractivity contribution in [2.75, 3.05) is 0 Å². The minimum Gasteiger partial charge on any atom is -0.282 e. The van der Waals surface area contributed by atoms with E-state index in [-0.39, 0.29) is 42.4 Å². The predicted octanol–water partition coefficient (Wildman–Crippen LogP) is 5.03. The Labute approximate surface area is 327 Å². The molecule has 3 aromatic heterocycles. The fourth-order valence-electron chi connectivity index (χ4n) is 5.46. The lowest BCUT2D eigenvalue weighted by Crippen LogP contribution is -2.28. The van der Waals surface area contributed by atoms with Gasteiger partial charge >= 0.3 is 10.1 Å². The summed E-state index contributed by atoms with van der Waals surface area (Å²) in [5.74, 6) is 0.210. The van der Waals surface area contributed by atoms with Gasteiger partial charge in [0.2, 0.25) is 24.4 Å². The molecule has 0 fully saturated rings. The van der Waals surface area contributed by atoms with Crippen molar-refractivity contribution < 1.29 is 52.6 Å². The lowest BCUT2D eigenvalue weighted by molar-refractivity contribution is -0.671. The average molecular weight is 828 g/mol. The van der Waals surface area contributed by atoms with Gasteiger partial charge in [0, 0.05) is 11.5 Å². The van der Waals surface area contributed by atoms with Crippen LogP contribution in [0.2, 0.25) is 0 Å². The molecule has 15 nitrogen and oxygen atoms in total. The molecule has 55 heavy (non-hydrogen) atoms. The fraction of sp³-hybridized carbons (Fsp3) is 0.432. The summed E-state index contributed by atoms with van der Waals surface area (Å²) in [6.07, 6.45) is 15.8. The standard InChI is InChI=1S/C14H18N2O3S.C13H16N2O3S.C8H14N2O3S.2CH4/c1-11(2)12-4-5-13(14(8-12)20(17,18)19)9-16-7-6-15(3)10-16;1-10(2)11-4-5-12(13(8-11)19(16,17)18)15-7-6-14(3)9-15;1-7(2)8(14(11,12)13)10-5-4-9(3)6-10;;/h4-8,10-11H,9H2,1-3H3;4-10H,1-3H3;4-8H,1-3H3;2*1H4/p+3. The second-order valence-electron chi connectivity index (χ2n) is 13.8. The largest absolute Gasteiger partial charge is 0.307 e. The minimum atomic E-state index is -4.26. The summed E-state index contributed by atoms with van der Waals surface area (Å²) >= 11 is 0. The van der Waals surface area contributed by atoms with E-state index in [9.17, 15) is 34.4 Å². The zero-order valence-corrected chi connectivity index (χ0v) is 33.8. The molecule has 2 aromatic carbocycles. The van der Waals surface area contributed by atoms with E-state index in [2.05, 4.69) is 0 Å². The Balaban J connectivity index is 0.000000412. The Morgan fingerprint density at radius 3 is 1.49 bits per heavy atom. The first-order chi connectivity index (χ1) is 24.4. The number of aryl methyl sites for hydroxylation is 3. The van der Waals surface area contributed by atoms with E-state index in [1.807, 2.05) is 81.8 Å². The zero-order chi connectivity index (χ0) is 40.1. The van der Waals surface area contributed by atoms with E-state index in [0.29, 0.717) is 17.8 Å². The molecule has 3 heterocycles. The quantitative estimate of drug-likeness (QED) is 0.128. The van der Waals surface area contributed by atoms with Crippen LogP contribution in [0.3, 0.4) is 0 Å². The number of imidazole rings is 3. The lowest BCUT2D eigenvalue weighted by atomic mass is 10.0. The van der Waals surface area contributed by atoms with E-state index in [1.165, 1.54) is 10.6 Å². The van der Waals surface area contributed by atoms with Crippen molar-refractivity contribution in [1.29, 1.82) is 0 Å². The Kier molecular flexibility index (Phi) is 17.4. The van der Waals surface area contributed by atoms with Gasteiger partial charge in [-0.1, -0.05) is 74.6 Å². The van der Waals surface area contributed by atoms with Crippen molar-refractivity contribution in [1.82, 2.24) is 13.7 Å². The van der Waals surface area contributed by atoms with Gasteiger partial charge < -0.3 is 0 Å². The third-order valence-corrected chi connectivity index (χ3v) is 11.4. The minimum absolute atomic E-state index is 0. The second kappa shape index (κ2) is 19.6. The number of hydrogen-bond donors (Lipinski definition) is 3. The van der Waals surface area contributed by atoms with Crippen LogP contribution in [0.5, 0.6) is 0 Å². The number of nitrogens with zero attached hydrogens (tertiary/aromatic N) is 6. The van der Waals surface area contributed by atoms with Crippen LogP contribution in [-0.2, 0) is 58.0 Å². The molecular weight excluding hydrogens is 769 g/mol. The molecule has 0 bridgehead atoms. The van der Waals surface area contributed by atoms with Gasteiger partial charge in [-0.25, -0.2) is 27.4 Å². The van der Waals surface area contributed by atoms with Gasteiger partial charge in [0.05, 0.1) is 21.1 Å². The number of aromatic nitrogens is 6. The second-order valence-corrected chi connectivity index (χ2v) is 18.1. The average Bonchev–Trinajstić information content (AvgIpc) is 3.77. The molecule has 1 unspecified atom stereocenters. The SMILES string of the molecule is C.C.CC(C)C(n1cc[n+](C)c1)S(=O)(=O)O.CC(C)c1ccc(-n2cc[n+](C)c2)c(S(=O)(=O)O)c1.CC(C)c1ccc(Cn2cc[n+](C)c2)c(S(=O)(=O)O)c1. The summed E-state index contributed by atoms with van der Waals surface area (Å²) in [6.45, 7) is 11.8. The monoisotopic (exact) mass is 827 g/mol. The van der Waals surface area contributed by atoms with Crippen LogP contribution < -0.4 is 13.7 Å². The predicted molar refractivity (Wildman–Crippen MR) is 210 cm³/mol. The highest BCUT2D eigenvalue weighted by atomic mass is 32.2. The Morgan fingerprint density at radius 1 is 0.618 bits per heavy atom. The number of rotatable bonds is 10. The molecule has 0 saturated heterocycles. The molecule has 5 aromatic rings. The summed E-state index contributed by atoms with van der Waals surface area (Å²) in [5.41, 5.74) is 2.77. The molecule has 0 aliphatic carbocycles. The van der Waals surface area contributed by atoms with E-state index >= 15 is 0 Å². The highest BCUT2D eigenvalue weighted by Gasteiger charge is 2.32. The summed E-state index contributed by atoms with van der Waals surface area (Å²) in [7, 11) is -7.02. The molecule has 3 N–H and O–H groups in total. The maximum Gasteiger partial charge on any atom is 0.307 e. The number of hydrogen-bond acceptors (Lipinski definition) is 6. The molecule has 0 aliphatic rings. The van der Waals surface area contributed by atoms with Crippen molar-refractivity contribution in [3.8, 4) is 5.69 Å². The van der Waals surface area contributed by atoms with E-state index in [1.54, 1.807) is 90.2 Å². The molecule has 0 amide bonds. The van der Waals surface area contributed by atoms with Crippen LogP contribution in [0.1, 0.15) is 90.3 Å². The van der Waals surface area contributed by atoms with Crippen LogP contribution in [-0.4, -0.2) is 52.6 Å². The normalized spacial score (nSPS) is 12.3. The van der Waals surface area contributed by atoms with Crippen LogP contribution >= 0.6 is 0 Å². The summed E-state index contributed by atoms with van der Waals surface area (Å²) in [5, 5.41) is -0.913. The van der Waals surface area contributed by atoms with Gasteiger partial charge in [0.15, 0.2) is 5.69 Å². The summed E-state index contributed by atoms with van der Waals surface area (Å²) in [4.78, 5) is -0.0880. The van der Waals surface area contributed by atoms with Crippen molar-refractivity contribution in [3.63, 3.8) is 0 Å². The highest BCUT2D eigenvalue weighted by Crippen LogP contribution is 2.26. The van der Waals surface area contributed by atoms with Crippen molar-refractivity contribution in [2.45, 2.75) is 89.9 Å². The van der Waals surface area contributed by atoms with Gasteiger partial charge in [0.1, 0.15) is 53.5 Å². The van der Waals surface area contributed by atoms with Crippen molar-refractivity contribution in [3.05, 3.63) is 109 Å². The molecule has 1 atom stereocenters. The number of benzene rings is 2. The molecule has 306 valence electrons. The lowest BCUT2D eigenvalue weighted by Gasteiger charge is -2.13. The molecule has 5 rings (SSSR count). The Morgan fingerprint density at radius 2 is 1.09 bits per heavy atom. The molecular formula is C37H59N6O9S3+3. The maximum absolute atomic E-state index is 11.6. The van der Waals surface area contributed by atoms with Crippen LogP contribution in [0.15, 0.2) is 102 Å². The third kappa shape index (κ3) is 13.8. The van der Waals surface area contributed by atoms with E-state index < -0.39 is 35.7 Å². The van der Waals surface area contributed by atoms with Gasteiger partial charge in [-0.2, -0.15) is 25.3 Å². The van der Waals surface area contributed by atoms with E-state index in [4.69, 9.17) is 4.55 Å². The van der Waals surface area contributed by atoms with Crippen LogP contribution in [0.25, 0.3) is 5.69 Å². The van der Waals surface area contributed by atoms with Gasteiger partial charge in [-0.15, -0.1) is 0 Å². The molecule has 0 saturated carbocycles. The first kappa shape index (κ1) is 48.8. The third-order valence-electron chi connectivity index (χ3n) is 8.15. The van der Waals surface area contributed by atoms with Gasteiger partial charge in [-0.05, 0) is 41.2 Å². The zero-order valence-electron chi connectivity index (χ0n) is 31.4. The summed E-state index contributed by atoms with van der Waals surface area (Å²) < 4.78 is 107. The van der Waals surface area contributed by atoms with Crippen molar-refractivity contribution >= 4 is 30.4 Å². The van der Waals surface area contributed by atoms with Crippen LogP contribution in [0.4, 0.5) is 0 Å². The summed E-state index contributed by atoms with van der Waals surface area (Å²) in [6, 6.07) is 10.3. The molecule has 0 radical (unpaired) electrons. The first-order valence-electron chi connectivity index (χ1n) is 16.6. The van der Waals surface area contributed by atoms with E-state index in [0.717, 1.165) is 11.1 Å². The van der Waals surface area contributed by atoms with Crippen molar-refractivity contribution in [2.24, 2.45) is 27.1 Å².